The number of carbonyl (C=O) groups is 1. The van der Waals surface area contributed by atoms with Crippen molar-refractivity contribution in [1.29, 1.82) is 0 Å². The fraction of sp³-hybridized carbons (Fsp3) is 0.139. The molecule has 2 heterocycles. The Kier molecular flexibility index (Phi) is 7.89. The third kappa shape index (κ3) is 6.14. The Morgan fingerprint density at radius 3 is 1.48 bits per heavy atom. The highest BCUT2D eigenvalue weighted by atomic mass is 32.1. The molecule has 0 radical (unpaired) electrons. The van der Waals surface area contributed by atoms with E-state index in [2.05, 4.69) is 41.7 Å². The summed E-state index contributed by atoms with van der Waals surface area (Å²) in [6, 6.07) is 39.9. The monoisotopic (exact) mass is 570 g/mol. The number of thiol groups is 1. The molecule has 0 spiro atoms. The first-order chi connectivity index (χ1) is 20.5. The van der Waals surface area contributed by atoms with Crippen molar-refractivity contribution >= 4 is 39.5 Å². The number of pyridine rings is 2. The zero-order valence-electron chi connectivity index (χ0n) is 23.2. The summed E-state index contributed by atoms with van der Waals surface area (Å²) in [7, 11) is 0. The van der Waals surface area contributed by atoms with Crippen LogP contribution in [0.15, 0.2) is 121 Å². The van der Waals surface area contributed by atoms with Gasteiger partial charge in [-0.1, -0.05) is 79.7 Å². The quantitative estimate of drug-likeness (QED) is 0.169. The van der Waals surface area contributed by atoms with Crippen molar-refractivity contribution in [2.75, 3.05) is 0 Å². The molecule has 6 aromatic rings. The number of benzene rings is 4. The average Bonchev–Trinajstić information content (AvgIpc) is 3.02. The second-order valence-corrected chi connectivity index (χ2v) is 11.0. The highest BCUT2D eigenvalue weighted by Crippen LogP contribution is 2.37. The van der Waals surface area contributed by atoms with Gasteiger partial charge in [-0.3, -0.25) is 4.79 Å². The van der Waals surface area contributed by atoms with Crippen LogP contribution in [0, 0.1) is 0 Å². The topological polar surface area (TPSA) is 61.3 Å². The van der Waals surface area contributed by atoms with Crippen LogP contribution in [0.2, 0.25) is 0 Å². The molecule has 6 heteroatoms. The van der Waals surface area contributed by atoms with Gasteiger partial charge in [-0.2, -0.15) is 0 Å². The second-order valence-electron chi connectivity index (χ2n) is 10.5. The van der Waals surface area contributed by atoms with Crippen LogP contribution in [-0.4, -0.2) is 15.1 Å². The van der Waals surface area contributed by atoms with Crippen LogP contribution < -0.4 is 9.47 Å². The molecule has 6 rings (SSSR count). The Bertz CT molecular complexity index is 1730. The zero-order valence-corrected chi connectivity index (χ0v) is 24.1. The van der Waals surface area contributed by atoms with Gasteiger partial charge in [-0.15, -0.1) is 12.6 Å². The first-order valence-electron chi connectivity index (χ1n) is 13.8. The number of hydrogen-bond donors (Lipinski definition) is 1. The lowest BCUT2D eigenvalue weighted by molar-refractivity contribution is -0.111. The zero-order chi connectivity index (χ0) is 28.9. The molecular formula is C36H30N2O3S. The van der Waals surface area contributed by atoms with Gasteiger partial charge in [-0.25, -0.2) is 9.97 Å². The van der Waals surface area contributed by atoms with Gasteiger partial charge >= 0.3 is 0 Å². The molecule has 0 fully saturated rings. The van der Waals surface area contributed by atoms with Crippen LogP contribution in [0.1, 0.15) is 35.9 Å². The number of para-hydroxylation sites is 2. The third-order valence-corrected chi connectivity index (χ3v) is 7.73. The van der Waals surface area contributed by atoms with Gasteiger partial charge in [0, 0.05) is 22.6 Å². The largest absolute Gasteiger partial charge is 0.487 e. The van der Waals surface area contributed by atoms with Crippen molar-refractivity contribution < 1.29 is 14.3 Å². The molecular weight excluding hydrogens is 540 g/mol. The van der Waals surface area contributed by atoms with Crippen molar-refractivity contribution in [3.8, 4) is 11.5 Å². The summed E-state index contributed by atoms with van der Waals surface area (Å²) in [5, 5.41) is 2.03. The average molecular weight is 571 g/mol. The van der Waals surface area contributed by atoms with Gasteiger partial charge in [-0.05, 0) is 59.7 Å². The van der Waals surface area contributed by atoms with Crippen LogP contribution in [0.3, 0.4) is 0 Å². The molecule has 5 nitrogen and oxygen atoms in total. The summed E-state index contributed by atoms with van der Waals surface area (Å²) in [5.74, 6) is 1.47. The highest BCUT2D eigenvalue weighted by molar-refractivity contribution is 7.96. The number of carbonyl (C=O) groups excluding carboxylic acids is 1. The van der Waals surface area contributed by atoms with E-state index in [-0.39, 0.29) is 11.5 Å². The van der Waals surface area contributed by atoms with E-state index in [1.807, 2.05) is 109 Å². The van der Waals surface area contributed by atoms with Crippen LogP contribution in [0.4, 0.5) is 0 Å². The maximum absolute atomic E-state index is 12.2. The van der Waals surface area contributed by atoms with Crippen molar-refractivity contribution in [2.45, 2.75) is 32.0 Å². The molecule has 0 unspecified atom stereocenters. The van der Waals surface area contributed by atoms with Gasteiger partial charge in [0.05, 0.1) is 22.4 Å². The van der Waals surface area contributed by atoms with Crippen LogP contribution in [-0.2, 0) is 23.4 Å². The molecule has 0 aliphatic heterocycles. The molecule has 0 aliphatic rings. The van der Waals surface area contributed by atoms with Crippen LogP contribution in [0.25, 0.3) is 21.8 Å². The summed E-state index contributed by atoms with van der Waals surface area (Å²) >= 11 is 4.13. The molecule has 0 atom stereocenters. The molecule has 0 N–H and O–H groups in total. The summed E-state index contributed by atoms with van der Waals surface area (Å²) in [6.45, 7) is 2.80. The summed E-state index contributed by atoms with van der Waals surface area (Å²) in [5.41, 5.74) is 5.04. The minimum Gasteiger partial charge on any atom is -0.487 e. The first-order valence-corrected chi connectivity index (χ1v) is 14.3. The second kappa shape index (κ2) is 12.0. The molecule has 208 valence electrons. The number of nitrogens with zero attached hydrogens (tertiary/aromatic N) is 2. The van der Waals surface area contributed by atoms with E-state index < -0.39 is 5.41 Å². The van der Waals surface area contributed by atoms with Crippen molar-refractivity contribution in [1.82, 2.24) is 9.97 Å². The maximum Gasteiger partial charge on any atom is 0.187 e. The van der Waals surface area contributed by atoms with Gasteiger partial charge in [0.15, 0.2) is 5.12 Å². The lowest BCUT2D eigenvalue weighted by Gasteiger charge is -2.30. The van der Waals surface area contributed by atoms with E-state index >= 15 is 0 Å². The van der Waals surface area contributed by atoms with E-state index in [4.69, 9.17) is 9.47 Å². The third-order valence-electron chi connectivity index (χ3n) is 7.57. The molecule has 4 aromatic carbocycles. The van der Waals surface area contributed by atoms with Crippen molar-refractivity contribution in [3.05, 3.63) is 144 Å². The van der Waals surface area contributed by atoms with Crippen LogP contribution in [0.5, 0.6) is 11.5 Å². The molecule has 0 amide bonds. The lowest BCUT2D eigenvalue weighted by atomic mass is 9.74. The minimum atomic E-state index is -0.574. The van der Waals surface area contributed by atoms with Crippen molar-refractivity contribution in [3.63, 3.8) is 0 Å². The molecule has 0 saturated carbocycles. The predicted molar refractivity (Wildman–Crippen MR) is 170 cm³/mol. The Morgan fingerprint density at radius 2 is 1.05 bits per heavy atom. The number of aromatic nitrogens is 2. The van der Waals surface area contributed by atoms with E-state index in [0.717, 1.165) is 55.8 Å². The van der Waals surface area contributed by atoms with E-state index in [1.54, 1.807) is 0 Å². The number of hydrogen-bond acceptors (Lipinski definition) is 5. The number of rotatable bonds is 10. The van der Waals surface area contributed by atoms with Gasteiger partial charge in [0.25, 0.3) is 0 Å². The lowest BCUT2D eigenvalue weighted by Crippen LogP contribution is -2.26. The predicted octanol–water partition coefficient (Wildman–Crippen LogP) is 8.09. The molecule has 0 bridgehead atoms. The maximum atomic E-state index is 12.2. The van der Waals surface area contributed by atoms with E-state index in [9.17, 15) is 4.79 Å². The minimum absolute atomic E-state index is 0.178. The Labute approximate surface area is 250 Å². The Hall–Kier alpha value is -4.68. The van der Waals surface area contributed by atoms with Gasteiger partial charge < -0.3 is 9.47 Å². The summed E-state index contributed by atoms with van der Waals surface area (Å²) < 4.78 is 12.1. The van der Waals surface area contributed by atoms with Crippen molar-refractivity contribution in [2.24, 2.45) is 0 Å². The van der Waals surface area contributed by atoms with E-state index in [0.29, 0.717) is 13.2 Å². The SMILES string of the molecule is CC(CC(=O)S)(c1ccc(OCc2ccc3ccccc3n2)cc1)c1ccc(OCc2ccc3ccccc3n2)cc1. The number of ether oxygens (including phenoxy) is 2. The highest BCUT2D eigenvalue weighted by Gasteiger charge is 2.31. The van der Waals surface area contributed by atoms with Gasteiger partial charge in [0.2, 0.25) is 0 Å². The number of fused-ring (bicyclic) bond motifs is 2. The van der Waals surface area contributed by atoms with Gasteiger partial charge in [0.1, 0.15) is 24.7 Å². The Balaban J connectivity index is 1.14. The smallest absolute Gasteiger partial charge is 0.187 e. The normalized spacial score (nSPS) is 11.5. The summed E-state index contributed by atoms with van der Waals surface area (Å²) in [4.78, 5) is 21.6. The molecule has 2 aromatic heterocycles. The summed E-state index contributed by atoms with van der Waals surface area (Å²) in [6.07, 6.45) is 0.249. The fourth-order valence-corrected chi connectivity index (χ4v) is 5.52. The molecule has 42 heavy (non-hydrogen) atoms. The van der Waals surface area contributed by atoms with E-state index in [1.165, 1.54) is 0 Å². The van der Waals surface area contributed by atoms with Crippen LogP contribution >= 0.6 is 12.6 Å². The Morgan fingerprint density at radius 1 is 0.619 bits per heavy atom. The first kappa shape index (κ1) is 27.5. The standard InChI is InChI=1S/C36H30N2O3S/c1-36(22-35(39)42,27-12-18-31(19-13-27)40-23-29-16-10-25-6-2-4-8-33(25)37-29)28-14-20-32(21-15-28)41-24-30-17-11-26-7-3-5-9-34(26)38-30/h2-21H,22-24H2,1H3,(H,39,42). The molecule has 0 saturated heterocycles. The molecule has 0 aliphatic carbocycles. The fourth-order valence-electron chi connectivity index (χ4n) is 5.20.